The van der Waals surface area contributed by atoms with Crippen LogP contribution < -0.4 is 5.32 Å². The van der Waals surface area contributed by atoms with Crippen molar-refractivity contribution < 1.29 is 4.39 Å². The molecule has 0 bridgehead atoms. The Kier molecular flexibility index (Phi) is 3.47. The smallest absolute Gasteiger partial charge is 0.128 e. The lowest BCUT2D eigenvalue weighted by Crippen LogP contribution is -2.15. The summed E-state index contributed by atoms with van der Waals surface area (Å²) < 4.78 is 13.1. The molecule has 1 aromatic rings. The van der Waals surface area contributed by atoms with Gasteiger partial charge in [-0.3, -0.25) is 0 Å². The highest BCUT2D eigenvalue weighted by Crippen LogP contribution is 2.18. The van der Waals surface area contributed by atoms with Gasteiger partial charge in [0.1, 0.15) is 5.82 Å². The third-order valence-corrected chi connectivity index (χ3v) is 2.07. The molecule has 1 N–H and O–H groups in total. The van der Waals surface area contributed by atoms with Crippen LogP contribution in [0, 0.1) is 24.1 Å². The van der Waals surface area contributed by atoms with E-state index in [-0.39, 0.29) is 11.9 Å². The predicted molar refractivity (Wildman–Crippen MR) is 54.5 cm³/mol. The third-order valence-electron chi connectivity index (χ3n) is 2.07. The van der Waals surface area contributed by atoms with E-state index in [4.69, 9.17) is 5.26 Å². The molecule has 0 radical (unpaired) electrons. The van der Waals surface area contributed by atoms with Crippen LogP contribution in [0.1, 0.15) is 18.9 Å². The molecule has 0 fully saturated rings. The molecule has 0 aromatic heterocycles. The molecule has 3 heteroatoms. The first kappa shape index (κ1) is 10.5. The van der Waals surface area contributed by atoms with Crippen LogP contribution in [-0.4, -0.2) is 6.04 Å². The molecule has 0 saturated heterocycles. The summed E-state index contributed by atoms with van der Waals surface area (Å²) >= 11 is 0. The van der Waals surface area contributed by atoms with Crippen molar-refractivity contribution in [3.63, 3.8) is 0 Å². The molecule has 1 rings (SSSR count). The second-order valence-corrected chi connectivity index (χ2v) is 3.32. The van der Waals surface area contributed by atoms with E-state index in [1.165, 1.54) is 6.07 Å². The molecule has 0 aliphatic carbocycles. The zero-order valence-corrected chi connectivity index (χ0v) is 8.34. The zero-order chi connectivity index (χ0) is 10.6. The van der Waals surface area contributed by atoms with Gasteiger partial charge < -0.3 is 5.32 Å². The predicted octanol–water partition coefficient (Wildman–Crippen LogP) is 2.85. The molecule has 14 heavy (non-hydrogen) atoms. The maximum Gasteiger partial charge on any atom is 0.128 e. The SMILES string of the molecule is Cc1c(F)cccc1NC(C)CC#N. The fraction of sp³-hybridized carbons (Fsp3) is 0.364. The van der Waals surface area contributed by atoms with Crippen LogP contribution in [-0.2, 0) is 0 Å². The Morgan fingerprint density at radius 1 is 1.57 bits per heavy atom. The minimum absolute atomic E-state index is 0.0421. The van der Waals surface area contributed by atoms with Crippen molar-refractivity contribution in [2.24, 2.45) is 0 Å². The number of anilines is 1. The van der Waals surface area contributed by atoms with E-state index in [0.29, 0.717) is 12.0 Å². The molecule has 74 valence electrons. The highest BCUT2D eigenvalue weighted by Gasteiger charge is 2.05. The van der Waals surface area contributed by atoms with Gasteiger partial charge in [-0.2, -0.15) is 5.26 Å². The topological polar surface area (TPSA) is 35.8 Å². The van der Waals surface area contributed by atoms with E-state index in [0.717, 1.165) is 5.69 Å². The van der Waals surface area contributed by atoms with E-state index >= 15 is 0 Å². The standard InChI is InChI=1S/C11H13FN2/c1-8(6-7-13)14-11-5-3-4-10(12)9(11)2/h3-5,8,14H,6H2,1-2H3. The van der Waals surface area contributed by atoms with Gasteiger partial charge in [-0.25, -0.2) is 4.39 Å². The number of halogens is 1. The molecule has 0 heterocycles. The van der Waals surface area contributed by atoms with Crippen LogP contribution in [0.15, 0.2) is 18.2 Å². The third kappa shape index (κ3) is 2.46. The van der Waals surface area contributed by atoms with E-state index in [1.54, 1.807) is 13.0 Å². The molecule has 0 aliphatic rings. The average Bonchev–Trinajstić information content (AvgIpc) is 2.13. The van der Waals surface area contributed by atoms with Gasteiger partial charge in [0, 0.05) is 17.3 Å². The summed E-state index contributed by atoms with van der Waals surface area (Å²) in [5.41, 5.74) is 1.35. The van der Waals surface area contributed by atoms with Crippen molar-refractivity contribution in [3.05, 3.63) is 29.6 Å². The first-order chi connectivity index (χ1) is 6.65. The Balaban J connectivity index is 2.77. The summed E-state index contributed by atoms with van der Waals surface area (Å²) in [4.78, 5) is 0. The van der Waals surface area contributed by atoms with Gasteiger partial charge in [0.2, 0.25) is 0 Å². The Labute approximate surface area is 83.4 Å². The van der Waals surface area contributed by atoms with Gasteiger partial charge in [0.05, 0.1) is 12.5 Å². The first-order valence-electron chi connectivity index (χ1n) is 4.53. The molecule has 0 spiro atoms. The van der Waals surface area contributed by atoms with Crippen LogP contribution in [0.2, 0.25) is 0 Å². The Hall–Kier alpha value is -1.56. The second-order valence-electron chi connectivity index (χ2n) is 3.32. The van der Waals surface area contributed by atoms with Gasteiger partial charge in [0.25, 0.3) is 0 Å². The number of hydrogen-bond donors (Lipinski definition) is 1. The van der Waals surface area contributed by atoms with Gasteiger partial charge in [0.15, 0.2) is 0 Å². The maximum absolute atomic E-state index is 13.1. The van der Waals surface area contributed by atoms with Crippen LogP contribution in [0.5, 0.6) is 0 Å². The summed E-state index contributed by atoms with van der Waals surface area (Å²) in [6.45, 7) is 3.62. The highest BCUT2D eigenvalue weighted by atomic mass is 19.1. The van der Waals surface area contributed by atoms with Crippen LogP contribution >= 0.6 is 0 Å². The maximum atomic E-state index is 13.1. The van der Waals surface area contributed by atoms with Crippen molar-refractivity contribution in [3.8, 4) is 6.07 Å². The quantitative estimate of drug-likeness (QED) is 0.799. The van der Waals surface area contributed by atoms with Gasteiger partial charge in [-0.15, -0.1) is 0 Å². The fourth-order valence-electron chi connectivity index (χ4n) is 1.22. The summed E-state index contributed by atoms with van der Waals surface area (Å²) in [6.07, 6.45) is 0.413. The van der Waals surface area contributed by atoms with E-state index in [2.05, 4.69) is 11.4 Å². The summed E-state index contributed by atoms with van der Waals surface area (Å²) in [5.74, 6) is -0.223. The van der Waals surface area contributed by atoms with Gasteiger partial charge >= 0.3 is 0 Å². The van der Waals surface area contributed by atoms with Crippen molar-refractivity contribution in [1.29, 1.82) is 5.26 Å². The average molecular weight is 192 g/mol. The number of rotatable bonds is 3. The van der Waals surface area contributed by atoms with E-state index in [9.17, 15) is 4.39 Å². The minimum Gasteiger partial charge on any atom is -0.381 e. The number of nitrogens with zero attached hydrogens (tertiary/aromatic N) is 1. The van der Waals surface area contributed by atoms with Crippen molar-refractivity contribution in [2.75, 3.05) is 5.32 Å². The van der Waals surface area contributed by atoms with Crippen LogP contribution in [0.3, 0.4) is 0 Å². The number of benzene rings is 1. The second kappa shape index (κ2) is 4.61. The molecule has 2 nitrogen and oxygen atoms in total. The van der Waals surface area contributed by atoms with Crippen molar-refractivity contribution >= 4 is 5.69 Å². The molecular formula is C11H13FN2. The first-order valence-corrected chi connectivity index (χ1v) is 4.53. The van der Waals surface area contributed by atoms with E-state index in [1.807, 2.05) is 13.0 Å². The molecular weight excluding hydrogens is 179 g/mol. The monoisotopic (exact) mass is 192 g/mol. The van der Waals surface area contributed by atoms with Crippen molar-refractivity contribution in [1.82, 2.24) is 0 Å². The molecule has 1 aromatic carbocycles. The Morgan fingerprint density at radius 3 is 2.93 bits per heavy atom. The Bertz CT molecular complexity index is 355. The summed E-state index contributed by atoms with van der Waals surface area (Å²) in [6, 6.07) is 7.00. The number of nitriles is 1. The normalized spacial score (nSPS) is 11.9. The van der Waals surface area contributed by atoms with Gasteiger partial charge in [-0.05, 0) is 26.0 Å². The lowest BCUT2D eigenvalue weighted by atomic mass is 10.1. The lowest BCUT2D eigenvalue weighted by Gasteiger charge is -2.14. The molecule has 0 saturated carbocycles. The largest absolute Gasteiger partial charge is 0.381 e. The molecule has 1 unspecified atom stereocenters. The van der Waals surface area contributed by atoms with Crippen LogP contribution in [0.4, 0.5) is 10.1 Å². The minimum atomic E-state index is -0.223. The van der Waals surface area contributed by atoms with Gasteiger partial charge in [-0.1, -0.05) is 6.07 Å². The zero-order valence-electron chi connectivity index (χ0n) is 8.34. The van der Waals surface area contributed by atoms with Crippen molar-refractivity contribution in [2.45, 2.75) is 26.3 Å². The van der Waals surface area contributed by atoms with Crippen LogP contribution in [0.25, 0.3) is 0 Å². The fourth-order valence-corrected chi connectivity index (χ4v) is 1.22. The Morgan fingerprint density at radius 2 is 2.29 bits per heavy atom. The summed E-state index contributed by atoms with van der Waals surface area (Å²) in [5, 5.41) is 11.6. The molecule has 1 atom stereocenters. The molecule has 0 amide bonds. The number of hydrogen-bond acceptors (Lipinski definition) is 2. The highest BCUT2D eigenvalue weighted by molar-refractivity contribution is 5.51. The lowest BCUT2D eigenvalue weighted by molar-refractivity contribution is 0.618. The number of nitrogens with one attached hydrogen (secondary N) is 1. The molecule has 0 aliphatic heterocycles. The van der Waals surface area contributed by atoms with E-state index < -0.39 is 0 Å². The summed E-state index contributed by atoms with van der Waals surface area (Å²) in [7, 11) is 0.